The average Bonchev–Trinajstić information content (AvgIpc) is 2.83. The third-order valence-electron chi connectivity index (χ3n) is 5.51. The van der Waals surface area contributed by atoms with Crippen LogP contribution in [0.1, 0.15) is 56.3 Å². The third-order valence-corrected chi connectivity index (χ3v) is 5.51. The summed E-state index contributed by atoms with van der Waals surface area (Å²) in [6, 6.07) is 16.1. The van der Waals surface area contributed by atoms with E-state index in [-0.39, 0.29) is 17.4 Å². The molecule has 0 bridgehead atoms. The van der Waals surface area contributed by atoms with Crippen LogP contribution in [0.15, 0.2) is 64.2 Å². The van der Waals surface area contributed by atoms with Crippen molar-refractivity contribution >= 4 is 17.4 Å². The Hall–Kier alpha value is -3.81. The molecule has 1 heterocycles. The van der Waals surface area contributed by atoms with Gasteiger partial charge in [-0.25, -0.2) is 4.79 Å². The lowest BCUT2D eigenvalue weighted by Gasteiger charge is -2.25. The second kappa shape index (κ2) is 11.9. The number of nitrogens with two attached hydrogens (primary N) is 1. The van der Waals surface area contributed by atoms with Crippen LogP contribution in [-0.4, -0.2) is 22.0 Å². The number of nitrogen functional groups attached to an aromatic ring is 1. The first kappa shape index (κ1) is 24.8. The molecule has 2 aromatic carbocycles. The number of aromatic amines is 1. The predicted molar refractivity (Wildman–Crippen MR) is 135 cm³/mol. The Balaban J connectivity index is 2.00. The van der Waals surface area contributed by atoms with Crippen molar-refractivity contribution in [2.75, 3.05) is 17.2 Å². The maximum Gasteiger partial charge on any atom is 0.330 e. The van der Waals surface area contributed by atoms with Gasteiger partial charge in [-0.3, -0.25) is 19.1 Å². The quantitative estimate of drug-likeness (QED) is 0.405. The minimum absolute atomic E-state index is 0.00346. The Kier molecular flexibility index (Phi) is 8.67. The van der Waals surface area contributed by atoms with E-state index in [2.05, 4.69) is 11.9 Å². The minimum Gasteiger partial charge on any atom is -0.457 e. The van der Waals surface area contributed by atoms with Crippen molar-refractivity contribution in [3.05, 3.63) is 81.0 Å². The topological polar surface area (TPSA) is 110 Å². The Morgan fingerprint density at radius 1 is 0.971 bits per heavy atom. The van der Waals surface area contributed by atoms with Crippen LogP contribution in [0.3, 0.4) is 0 Å². The molecular weight excluding hydrogens is 432 g/mol. The van der Waals surface area contributed by atoms with Gasteiger partial charge in [0, 0.05) is 18.7 Å². The van der Waals surface area contributed by atoms with E-state index in [1.165, 1.54) is 9.47 Å². The van der Waals surface area contributed by atoms with E-state index in [4.69, 9.17) is 10.5 Å². The molecule has 1 aromatic heterocycles. The van der Waals surface area contributed by atoms with Gasteiger partial charge in [-0.2, -0.15) is 0 Å². The van der Waals surface area contributed by atoms with Crippen molar-refractivity contribution in [2.24, 2.45) is 0 Å². The molecule has 0 spiro atoms. The van der Waals surface area contributed by atoms with Gasteiger partial charge in [0.2, 0.25) is 0 Å². The molecule has 0 radical (unpaired) electrons. The number of para-hydroxylation sites is 1. The number of nitrogens with one attached hydrogen (secondary N) is 1. The first-order valence-electron chi connectivity index (χ1n) is 11.7. The first-order chi connectivity index (χ1) is 16.5. The molecule has 180 valence electrons. The van der Waals surface area contributed by atoms with Crippen molar-refractivity contribution < 1.29 is 9.53 Å². The smallest absolute Gasteiger partial charge is 0.330 e. The molecule has 8 heteroatoms. The number of hydrogen-bond donors (Lipinski definition) is 2. The first-order valence-corrected chi connectivity index (χ1v) is 11.7. The number of benzene rings is 2. The van der Waals surface area contributed by atoms with Crippen LogP contribution in [0.4, 0.5) is 11.5 Å². The van der Waals surface area contributed by atoms with E-state index in [1.54, 1.807) is 24.3 Å². The highest BCUT2D eigenvalue weighted by molar-refractivity contribution is 6.07. The molecule has 3 rings (SSSR count). The summed E-state index contributed by atoms with van der Waals surface area (Å²) in [7, 11) is 0. The molecule has 0 aliphatic carbocycles. The zero-order chi connectivity index (χ0) is 24.5. The van der Waals surface area contributed by atoms with Crippen molar-refractivity contribution in [1.82, 2.24) is 9.55 Å². The van der Waals surface area contributed by atoms with Gasteiger partial charge in [-0.05, 0) is 43.2 Å². The van der Waals surface area contributed by atoms with Crippen molar-refractivity contribution in [3.8, 4) is 11.5 Å². The molecule has 8 nitrogen and oxygen atoms in total. The van der Waals surface area contributed by atoms with Crippen molar-refractivity contribution in [1.29, 1.82) is 0 Å². The summed E-state index contributed by atoms with van der Waals surface area (Å²) < 4.78 is 7.20. The van der Waals surface area contributed by atoms with Crippen molar-refractivity contribution in [3.63, 3.8) is 0 Å². The van der Waals surface area contributed by atoms with Crippen LogP contribution in [0.5, 0.6) is 11.5 Å². The standard InChI is InChI=1S/C26H32N4O4/c1-3-5-10-17-29(22-23(27)30(16-6-4-2)26(33)28-24(22)31)25(32)19-12-11-15-21(18-19)34-20-13-8-7-9-14-20/h7-9,11-15,18H,3-6,10,16-17,27H2,1-2H3,(H,28,31,33). The molecule has 34 heavy (non-hydrogen) atoms. The second-order valence-electron chi connectivity index (χ2n) is 8.11. The lowest BCUT2D eigenvalue weighted by molar-refractivity contribution is 0.0985. The number of H-pyrrole nitrogens is 1. The molecule has 0 saturated carbocycles. The fraction of sp³-hybridized carbons (Fsp3) is 0.346. The maximum atomic E-state index is 13.6. The fourth-order valence-electron chi connectivity index (χ4n) is 3.68. The van der Waals surface area contributed by atoms with Crippen LogP contribution >= 0.6 is 0 Å². The minimum atomic E-state index is -0.670. The number of anilines is 2. The average molecular weight is 465 g/mol. The maximum absolute atomic E-state index is 13.6. The zero-order valence-electron chi connectivity index (χ0n) is 19.8. The van der Waals surface area contributed by atoms with Gasteiger partial charge >= 0.3 is 5.69 Å². The summed E-state index contributed by atoms with van der Waals surface area (Å²) in [5.41, 5.74) is 5.43. The number of ether oxygens (including phenoxy) is 1. The zero-order valence-corrected chi connectivity index (χ0v) is 19.8. The Morgan fingerprint density at radius 3 is 2.38 bits per heavy atom. The van der Waals surface area contributed by atoms with E-state index < -0.39 is 11.2 Å². The number of carbonyl (C=O) groups excluding carboxylic acids is 1. The lowest BCUT2D eigenvalue weighted by Crippen LogP contribution is -2.41. The number of hydrogen-bond acceptors (Lipinski definition) is 5. The third kappa shape index (κ3) is 5.95. The highest BCUT2D eigenvalue weighted by atomic mass is 16.5. The molecule has 0 unspecified atom stereocenters. The van der Waals surface area contributed by atoms with Gasteiger partial charge in [0.05, 0.1) is 0 Å². The van der Waals surface area contributed by atoms with E-state index in [0.29, 0.717) is 36.6 Å². The number of amides is 1. The Bertz CT molecular complexity index is 1220. The van der Waals surface area contributed by atoms with E-state index in [9.17, 15) is 14.4 Å². The molecule has 0 fully saturated rings. The predicted octanol–water partition coefficient (Wildman–Crippen LogP) is 4.55. The summed E-state index contributed by atoms with van der Waals surface area (Å²) in [5, 5.41) is 0. The molecule has 1 amide bonds. The van der Waals surface area contributed by atoms with Crippen LogP contribution in [-0.2, 0) is 6.54 Å². The SMILES string of the molecule is CCCCCN(C(=O)c1cccc(Oc2ccccc2)c1)c1c(N)n(CCCC)c(=O)[nH]c1=O. The van der Waals surface area contributed by atoms with Gasteiger partial charge < -0.3 is 15.4 Å². The largest absolute Gasteiger partial charge is 0.457 e. The van der Waals surface area contributed by atoms with Gasteiger partial charge in [-0.1, -0.05) is 57.4 Å². The number of aromatic nitrogens is 2. The summed E-state index contributed by atoms with van der Waals surface area (Å²) >= 11 is 0. The Labute approximate surface area is 199 Å². The number of unbranched alkanes of at least 4 members (excludes halogenated alkanes) is 3. The van der Waals surface area contributed by atoms with Gasteiger partial charge in [0.1, 0.15) is 17.3 Å². The van der Waals surface area contributed by atoms with Gasteiger partial charge in [0.15, 0.2) is 5.69 Å². The highest BCUT2D eigenvalue weighted by Crippen LogP contribution is 2.25. The number of rotatable bonds is 11. The molecule has 0 atom stereocenters. The molecule has 0 saturated heterocycles. The van der Waals surface area contributed by atoms with Crippen molar-refractivity contribution in [2.45, 2.75) is 52.5 Å². The van der Waals surface area contributed by atoms with Crippen LogP contribution < -0.4 is 26.6 Å². The molecule has 3 aromatic rings. The highest BCUT2D eigenvalue weighted by Gasteiger charge is 2.25. The molecule has 0 aliphatic rings. The molecule has 0 aliphatic heterocycles. The number of carbonyl (C=O) groups is 1. The summed E-state index contributed by atoms with van der Waals surface area (Å²) in [6.45, 7) is 4.72. The van der Waals surface area contributed by atoms with E-state index in [1.807, 2.05) is 37.3 Å². The summed E-state index contributed by atoms with van der Waals surface area (Å²) in [6.07, 6.45) is 4.10. The van der Waals surface area contributed by atoms with E-state index in [0.717, 1.165) is 25.7 Å². The van der Waals surface area contributed by atoms with Crippen LogP contribution in [0.25, 0.3) is 0 Å². The van der Waals surface area contributed by atoms with Crippen LogP contribution in [0, 0.1) is 0 Å². The number of nitrogens with zero attached hydrogens (tertiary/aromatic N) is 2. The van der Waals surface area contributed by atoms with E-state index >= 15 is 0 Å². The lowest BCUT2D eigenvalue weighted by atomic mass is 10.1. The summed E-state index contributed by atoms with van der Waals surface area (Å²) in [4.78, 5) is 42.6. The monoisotopic (exact) mass is 464 g/mol. The fourth-order valence-corrected chi connectivity index (χ4v) is 3.68. The molecule has 3 N–H and O–H groups in total. The van der Waals surface area contributed by atoms with Gasteiger partial charge in [0.25, 0.3) is 11.5 Å². The molecular formula is C26H32N4O4. The normalized spacial score (nSPS) is 10.8. The summed E-state index contributed by atoms with van der Waals surface area (Å²) in [5.74, 6) is 0.771. The van der Waals surface area contributed by atoms with Crippen LogP contribution in [0.2, 0.25) is 0 Å². The Morgan fingerprint density at radius 2 is 1.68 bits per heavy atom. The van der Waals surface area contributed by atoms with Gasteiger partial charge in [-0.15, -0.1) is 0 Å². The second-order valence-corrected chi connectivity index (χ2v) is 8.11.